The molecule has 92 valence electrons. The fraction of sp³-hybridized carbons (Fsp3) is 0.500. The van der Waals surface area contributed by atoms with Gasteiger partial charge in [-0.25, -0.2) is 0 Å². The molecule has 0 spiro atoms. The molecule has 1 aliphatic rings. The van der Waals surface area contributed by atoms with Gasteiger partial charge in [0.2, 0.25) is 5.24 Å². The van der Waals surface area contributed by atoms with Crippen molar-refractivity contribution in [1.29, 1.82) is 0 Å². The molecule has 0 unspecified atom stereocenters. The molecule has 0 atom stereocenters. The van der Waals surface area contributed by atoms with Crippen LogP contribution in [0.25, 0.3) is 0 Å². The number of benzene rings is 1. The second-order valence-corrected chi connectivity index (χ2v) is 6.17. The van der Waals surface area contributed by atoms with Gasteiger partial charge in [-0.3, -0.25) is 4.79 Å². The van der Waals surface area contributed by atoms with E-state index in [0.717, 1.165) is 17.3 Å². The van der Waals surface area contributed by atoms with Crippen molar-refractivity contribution in [2.45, 2.75) is 38.0 Å². The zero-order chi connectivity index (χ0) is 12.3. The van der Waals surface area contributed by atoms with E-state index in [1.54, 1.807) is 0 Å². The molecule has 1 aromatic carbocycles. The summed E-state index contributed by atoms with van der Waals surface area (Å²) >= 11 is 8.89. The van der Waals surface area contributed by atoms with Crippen LogP contribution in [0.1, 0.15) is 43.6 Å². The highest BCUT2D eigenvalue weighted by atomic mass is 79.9. The molecule has 2 rings (SSSR count). The Kier molecular flexibility index (Phi) is 4.63. The lowest BCUT2D eigenvalue weighted by Gasteiger charge is -2.28. The molecule has 0 bridgehead atoms. The molecule has 0 heterocycles. The van der Waals surface area contributed by atoms with E-state index in [-0.39, 0.29) is 5.24 Å². The maximum Gasteiger partial charge on any atom is 0.221 e. The van der Waals surface area contributed by atoms with Crippen LogP contribution in [0.5, 0.6) is 0 Å². The van der Waals surface area contributed by atoms with E-state index in [4.69, 9.17) is 11.6 Å². The molecule has 1 nitrogen and oxygen atoms in total. The first-order valence-electron chi connectivity index (χ1n) is 6.09. The van der Waals surface area contributed by atoms with Crippen LogP contribution in [0.4, 0.5) is 0 Å². The molecule has 1 aliphatic carbocycles. The summed E-state index contributed by atoms with van der Waals surface area (Å²) in [4.78, 5) is 10.9. The minimum atomic E-state index is -0.183. The molecule has 0 aromatic heterocycles. The molecule has 0 amide bonds. The Balaban J connectivity index is 1.90. The van der Waals surface area contributed by atoms with Gasteiger partial charge in [0, 0.05) is 10.9 Å². The smallest absolute Gasteiger partial charge is 0.221 e. The molecule has 1 fully saturated rings. The zero-order valence-electron chi connectivity index (χ0n) is 9.66. The van der Waals surface area contributed by atoms with Crippen molar-refractivity contribution < 1.29 is 4.79 Å². The summed E-state index contributed by atoms with van der Waals surface area (Å²) < 4.78 is 1.13. The Hall–Kier alpha value is -0.340. The topological polar surface area (TPSA) is 17.1 Å². The second-order valence-electron chi connectivity index (χ2n) is 4.83. The van der Waals surface area contributed by atoms with E-state index in [2.05, 4.69) is 40.2 Å². The quantitative estimate of drug-likeness (QED) is 0.727. The predicted molar refractivity (Wildman–Crippen MR) is 74.3 cm³/mol. The largest absolute Gasteiger partial charge is 0.281 e. The maximum absolute atomic E-state index is 10.9. The van der Waals surface area contributed by atoms with Crippen molar-refractivity contribution >= 4 is 32.8 Å². The third-order valence-electron chi connectivity index (χ3n) is 3.64. The van der Waals surface area contributed by atoms with Crippen LogP contribution < -0.4 is 0 Å². The number of hydrogen-bond acceptors (Lipinski definition) is 1. The fourth-order valence-corrected chi connectivity index (χ4v) is 3.14. The van der Waals surface area contributed by atoms with Gasteiger partial charge in [0.25, 0.3) is 0 Å². The first-order chi connectivity index (χ1) is 8.15. The minimum absolute atomic E-state index is 0.183. The number of halogens is 2. The molecule has 0 saturated heterocycles. The minimum Gasteiger partial charge on any atom is -0.281 e. The summed E-state index contributed by atoms with van der Waals surface area (Å²) in [5, 5.41) is -0.183. The average molecular weight is 316 g/mol. The Morgan fingerprint density at radius 1 is 1.18 bits per heavy atom. The van der Waals surface area contributed by atoms with Gasteiger partial charge in [-0.05, 0) is 66.8 Å². The van der Waals surface area contributed by atoms with Gasteiger partial charge in [0.15, 0.2) is 0 Å². The van der Waals surface area contributed by atoms with Crippen LogP contribution in [0.15, 0.2) is 28.7 Å². The van der Waals surface area contributed by atoms with Gasteiger partial charge in [0.05, 0.1) is 0 Å². The third kappa shape index (κ3) is 3.82. The Bertz CT molecular complexity index is 380. The van der Waals surface area contributed by atoms with Crippen LogP contribution in [0.3, 0.4) is 0 Å². The highest BCUT2D eigenvalue weighted by Crippen LogP contribution is 2.37. The summed E-state index contributed by atoms with van der Waals surface area (Å²) in [5.41, 5.74) is 1.42. The van der Waals surface area contributed by atoms with E-state index >= 15 is 0 Å². The van der Waals surface area contributed by atoms with Crippen molar-refractivity contribution in [3.8, 4) is 0 Å². The Labute approximate surface area is 116 Å². The lowest BCUT2D eigenvalue weighted by molar-refractivity contribution is -0.112. The van der Waals surface area contributed by atoms with E-state index in [1.807, 2.05) is 0 Å². The van der Waals surface area contributed by atoms with E-state index in [9.17, 15) is 4.79 Å². The average Bonchev–Trinajstić information content (AvgIpc) is 2.30. The molecule has 0 radical (unpaired) electrons. The van der Waals surface area contributed by atoms with E-state index < -0.39 is 0 Å². The van der Waals surface area contributed by atoms with Crippen LogP contribution in [-0.4, -0.2) is 5.24 Å². The monoisotopic (exact) mass is 314 g/mol. The Morgan fingerprint density at radius 3 is 2.29 bits per heavy atom. The summed E-state index contributed by atoms with van der Waals surface area (Å²) in [6, 6.07) is 8.59. The van der Waals surface area contributed by atoms with Gasteiger partial charge in [0.1, 0.15) is 0 Å². The predicted octanol–water partition coefficient (Wildman–Crippen LogP) is 4.88. The molecule has 3 heteroatoms. The third-order valence-corrected chi connectivity index (χ3v) is 4.32. The van der Waals surface area contributed by atoms with Crippen molar-refractivity contribution in [2.24, 2.45) is 5.92 Å². The van der Waals surface area contributed by atoms with Crippen LogP contribution >= 0.6 is 27.5 Å². The van der Waals surface area contributed by atoms with E-state index in [0.29, 0.717) is 18.3 Å². The summed E-state index contributed by atoms with van der Waals surface area (Å²) in [6.45, 7) is 0. The molecule has 0 N–H and O–H groups in total. The van der Waals surface area contributed by atoms with Crippen molar-refractivity contribution in [2.75, 3.05) is 0 Å². The molecule has 0 aliphatic heterocycles. The maximum atomic E-state index is 10.9. The van der Waals surface area contributed by atoms with Gasteiger partial charge in [-0.2, -0.15) is 0 Å². The van der Waals surface area contributed by atoms with Crippen molar-refractivity contribution in [3.05, 3.63) is 34.3 Å². The number of carbonyl (C=O) groups is 1. The van der Waals surface area contributed by atoms with Crippen LogP contribution in [0.2, 0.25) is 0 Å². The number of rotatable bonds is 3. The van der Waals surface area contributed by atoms with Gasteiger partial charge in [-0.15, -0.1) is 0 Å². The molecular formula is C14H16BrClO. The molecule has 1 saturated carbocycles. The summed E-state index contributed by atoms with van der Waals surface area (Å²) in [7, 11) is 0. The lowest BCUT2D eigenvalue weighted by atomic mass is 9.78. The molecule has 1 aromatic rings. The highest BCUT2D eigenvalue weighted by molar-refractivity contribution is 9.10. The second kappa shape index (κ2) is 6.01. The summed E-state index contributed by atoms with van der Waals surface area (Å²) in [6.07, 6.45) is 5.15. The lowest BCUT2D eigenvalue weighted by Crippen LogP contribution is -2.15. The molecule has 17 heavy (non-hydrogen) atoms. The van der Waals surface area contributed by atoms with Gasteiger partial charge >= 0.3 is 0 Å². The fourth-order valence-electron chi connectivity index (χ4n) is 2.66. The Morgan fingerprint density at radius 2 is 1.76 bits per heavy atom. The van der Waals surface area contributed by atoms with Gasteiger partial charge < -0.3 is 0 Å². The standard InChI is InChI=1S/C14H16BrClO/c15-13-7-5-12(6-8-13)11-3-1-10(2-4-11)9-14(16)17/h5-8,10-11H,1-4,9H2. The zero-order valence-corrected chi connectivity index (χ0v) is 12.0. The number of carbonyl (C=O) groups excluding carboxylic acids is 1. The van der Waals surface area contributed by atoms with Gasteiger partial charge in [-0.1, -0.05) is 28.1 Å². The normalized spacial score (nSPS) is 24.6. The SMILES string of the molecule is O=C(Cl)CC1CCC(c2ccc(Br)cc2)CC1. The highest BCUT2D eigenvalue weighted by Gasteiger charge is 2.23. The van der Waals surface area contributed by atoms with Crippen LogP contribution in [-0.2, 0) is 4.79 Å². The number of hydrogen-bond donors (Lipinski definition) is 0. The van der Waals surface area contributed by atoms with Crippen LogP contribution in [0, 0.1) is 5.92 Å². The van der Waals surface area contributed by atoms with E-state index in [1.165, 1.54) is 18.4 Å². The summed E-state index contributed by atoms with van der Waals surface area (Å²) in [5.74, 6) is 1.16. The molecular weight excluding hydrogens is 300 g/mol. The van der Waals surface area contributed by atoms with Crippen molar-refractivity contribution in [3.63, 3.8) is 0 Å². The first kappa shape index (κ1) is 13.1. The van der Waals surface area contributed by atoms with Crippen molar-refractivity contribution in [1.82, 2.24) is 0 Å². The first-order valence-corrected chi connectivity index (χ1v) is 7.26.